The summed E-state index contributed by atoms with van der Waals surface area (Å²) in [7, 11) is 1.53. The van der Waals surface area contributed by atoms with Gasteiger partial charge in [0.2, 0.25) is 5.88 Å². The van der Waals surface area contributed by atoms with Crippen LogP contribution >= 0.6 is 11.6 Å². The Kier molecular flexibility index (Phi) is 6.10. The van der Waals surface area contributed by atoms with Crippen molar-refractivity contribution in [1.82, 2.24) is 20.3 Å². The number of methoxy groups -OCH3 is 1. The molecule has 8 heteroatoms. The molecule has 0 aliphatic heterocycles. The van der Waals surface area contributed by atoms with E-state index >= 15 is 0 Å². The second kappa shape index (κ2) is 8.55. The average molecular weight is 413 g/mol. The topological polar surface area (TPSA) is 97.2 Å². The van der Waals surface area contributed by atoms with E-state index in [1.165, 1.54) is 7.11 Å². The van der Waals surface area contributed by atoms with Crippen molar-refractivity contribution in [3.63, 3.8) is 0 Å². The molecular weight excluding hydrogens is 392 g/mol. The van der Waals surface area contributed by atoms with E-state index in [1.54, 1.807) is 50.4 Å². The number of nitrogens with zero attached hydrogens (tertiary/aromatic N) is 3. The van der Waals surface area contributed by atoms with Crippen LogP contribution in [0.25, 0.3) is 22.6 Å². The molecule has 0 saturated carbocycles. The average Bonchev–Trinajstić information content (AvgIpc) is 2.71. The zero-order valence-electron chi connectivity index (χ0n) is 16.3. The van der Waals surface area contributed by atoms with Gasteiger partial charge >= 0.3 is 0 Å². The van der Waals surface area contributed by atoms with Gasteiger partial charge in [0.1, 0.15) is 5.69 Å². The molecule has 0 saturated heterocycles. The SMILES string of the molecule is COc1ccc(-c2nc(C(=O)NCC(C)(C)O)cc(-c3ccc(Cl)cc3)n2)cn1. The first kappa shape index (κ1) is 20.7. The third-order valence-electron chi connectivity index (χ3n) is 3.98. The molecule has 0 atom stereocenters. The van der Waals surface area contributed by atoms with Crippen molar-refractivity contribution in [3.8, 4) is 28.5 Å². The Morgan fingerprint density at radius 3 is 2.41 bits per heavy atom. The quantitative estimate of drug-likeness (QED) is 0.644. The standard InChI is InChI=1S/C21H21ClN4O3/c1-21(2,28)12-24-20(27)17-10-16(13-4-7-15(22)8-5-13)25-19(26-17)14-6-9-18(29-3)23-11-14/h4-11,28H,12H2,1-3H3,(H,24,27). The third-order valence-corrected chi connectivity index (χ3v) is 4.24. The van der Waals surface area contributed by atoms with Gasteiger partial charge in [-0.05, 0) is 38.1 Å². The molecule has 0 radical (unpaired) electrons. The summed E-state index contributed by atoms with van der Waals surface area (Å²) in [5.41, 5.74) is 1.13. The van der Waals surface area contributed by atoms with Gasteiger partial charge < -0.3 is 15.2 Å². The number of hydrogen-bond acceptors (Lipinski definition) is 6. The first-order valence-electron chi connectivity index (χ1n) is 8.91. The number of nitrogens with one attached hydrogen (secondary N) is 1. The van der Waals surface area contributed by atoms with E-state index in [2.05, 4.69) is 20.3 Å². The highest BCUT2D eigenvalue weighted by molar-refractivity contribution is 6.30. The highest BCUT2D eigenvalue weighted by Gasteiger charge is 2.18. The zero-order chi connectivity index (χ0) is 21.0. The molecule has 2 heterocycles. The van der Waals surface area contributed by atoms with Crippen LogP contribution in [0.5, 0.6) is 5.88 Å². The summed E-state index contributed by atoms with van der Waals surface area (Å²) in [5, 5.41) is 13.2. The molecule has 7 nitrogen and oxygen atoms in total. The number of aromatic nitrogens is 3. The zero-order valence-corrected chi connectivity index (χ0v) is 17.1. The van der Waals surface area contributed by atoms with Crippen LogP contribution in [0.2, 0.25) is 5.02 Å². The molecule has 0 fully saturated rings. The predicted octanol–water partition coefficient (Wildman–Crippen LogP) is 3.37. The summed E-state index contributed by atoms with van der Waals surface area (Å²) in [6, 6.07) is 12.2. The lowest BCUT2D eigenvalue weighted by Gasteiger charge is -2.17. The lowest BCUT2D eigenvalue weighted by molar-refractivity contribution is 0.0692. The van der Waals surface area contributed by atoms with Crippen molar-refractivity contribution >= 4 is 17.5 Å². The van der Waals surface area contributed by atoms with Crippen LogP contribution in [0.3, 0.4) is 0 Å². The Balaban J connectivity index is 2.03. The van der Waals surface area contributed by atoms with Crippen LogP contribution in [0.4, 0.5) is 0 Å². The molecule has 1 aromatic carbocycles. The molecule has 0 aliphatic carbocycles. The van der Waals surface area contributed by atoms with Crippen molar-refractivity contribution in [3.05, 3.63) is 59.4 Å². The minimum Gasteiger partial charge on any atom is -0.481 e. The Bertz CT molecular complexity index is 1000. The minimum absolute atomic E-state index is 0.0888. The molecule has 3 rings (SSSR count). The van der Waals surface area contributed by atoms with Gasteiger partial charge in [-0.1, -0.05) is 23.7 Å². The first-order chi connectivity index (χ1) is 13.7. The summed E-state index contributed by atoms with van der Waals surface area (Å²) >= 11 is 5.98. The Morgan fingerprint density at radius 2 is 1.83 bits per heavy atom. The molecule has 0 bridgehead atoms. The van der Waals surface area contributed by atoms with Gasteiger partial charge in [-0.25, -0.2) is 15.0 Å². The Labute approximate surface area is 173 Å². The van der Waals surface area contributed by atoms with Crippen molar-refractivity contribution in [2.75, 3.05) is 13.7 Å². The molecule has 1 amide bonds. The van der Waals surface area contributed by atoms with E-state index in [0.717, 1.165) is 5.56 Å². The van der Waals surface area contributed by atoms with Gasteiger partial charge in [-0.3, -0.25) is 4.79 Å². The van der Waals surface area contributed by atoms with Crippen LogP contribution in [0, 0.1) is 0 Å². The maximum Gasteiger partial charge on any atom is 0.270 e. The second-order valence-corrected chi connectivity index (χ2v) is 7.49. The molecular formula is C21H21ClN4O3. The highest BCUT2D eigenvalue weighted by atomic mass is 35.5. The largest absolute Gasteiger partial charge is 0.481 e. The number of carbonyl (C=O) groups excluding carboxylic acids is 1. The van der Waals surface area contributed by atoms with Crippen LogP contribution in [0.15, 0.2) is 48.7 Å². The van der Waals surface area contributed by atoms with E-state index in [9.17, 15) is 9.90 Å². The van der Waals surface area contributed by atoms with Gasteiger partial charge in [0, 0.05) is 35.0 Å². The van der Waals surface area contributed by atoms with E-state index < -0.39 is 11.5 Å². The number of carbonyl (C=O) groups is 1. The fourth-order valence-corrected chi connectivity index (χ4v) is 2.61. The number of hydrogen-bond donors (Lipinski definition) is 2. The molecule has 0 aliphatic rings. The monoisotopic (exact) mass is 412 g/mol. The second-order valence-electron chi connectivity index (χ2n) is 7.05. The van der Waals surface area contributed by atoms with Gasteiger partial charge in [0.05, 0.1) is 18.4 Å². The maximum absolute atomic E-state index is 12.6. The normalized spacial score (nSPS) is 11.2. The number of ether oxygens (including phenoxy) is 1. The molecule has 2 aromatic heterocycles. The lowest BCUT2D eigenvalue weighted by Crippen LogP contribution is -2.38. The Hall–Kier alpha value is -3.03. The summed E-state index contributed by atoms with van der Waals surface area (Å²) < 4.78 is 5.08. The van der Waals surface area contributed by atoms with Crippen molar-refractivity contribution < 1.29 is 14.6 Å². The van der Waals surface area contributed by atoms with Crippen LogP contribution < -0.4 is 10.1 Å². The minimum atomic E-state index is -1.04. The summed E-state index contributed by atoms with van der Waals surface area (Å²) in [4.78, 5) is 25.8. The molecule has 0 unspecified atom stereocenters. The fraction of sp³-hybridized carbons (Fsp3) is 0.238. The molecule has 0 spiro atoms. The van der Waals surface area contributed by atoms with Crippen LogP contribution in [0.1, 0.15) is 24.3 Å². The number of benzene rings is 1. The van der Waals surface area contributed by atoms with Crippen molar-refractivity contribution in [1.29, 1.82) is 0 Å². The van der Waals surface area contributed by atoms with Gasteiger partial charge in [0.15, 0.2) is 5.82 Å². The molecule has 29 heavy (non-hydrogen) atoms. The smallest absolute Gasteiger partial charge is 0.270 e. The summed E-state index contributed by atoms with van der Waals surface area (Å²) in [6.07, 6.45) is 1.58. The van der Waals surface area contributed by atoms with Gasteiger partial charge in [-0.15, -0.1) is 0 Å². The lowest BCUT2D eigenvalue weighted by atomic mass is 10.1. The van der Waals surface area contributed by atoms with E-state index in [0.29, 0.717) is 28.0 Å². The summed E-state index contributed by atoms with van der Waals surface area (Å²) in [5.74, 6) is 0.402. The Morgan fingerprint density at radius 1 is 1.14 bits per heavy atom. The van der Waals surface area contributed by atoms with Gasteiger partial charge in [0.25, 0.3) is 5.91 Å². The number of halogens is 1. The number of aliphatic hydroxyl groups is 1. The van der Waals surface area contributed by atoms with E-state index in [1.807, 2.05) is 12.1 Å². The third kappa shape index (κ3) is 5.49. The predicted molar refractivity (Wildman–Crippen MR) is 111 cm³/mol. The summed E-state index contributed by atoms with van der Waals surface area (Å²) in [6.45, 7) is 3.31. The number of amides is 1. The van der Waals surface area contributed by atoms with E-state index in [4.69, 9.17) is 16.3 Å². The fourth-order valence-electron chi connectivity index (χ4n) is 2.48. The molecule has 150 valence electrons. The van der Waals surface area contributed by atoms with Crippen LogP contribution in [-0.2, 0) is 0 Å². The highest BCUT2D eigenvalue weighted by Crippen LogP contribution is 2.24. The van der Waals surface area contributed by atoms with E-state index in [-0.39, 0.29) is 12.2 Å². The number of pyridine rings is 1. The number of rotatable bonds is 6. The van der Waals surface area contributed by atoms with Crippen molar-refractivity contribution in [2.45, 2.75) is 19.4 Å². The molecule has 2 N–H and O–H groups in total. The maximum atomic E-state index is 12.6. The van der Waals surface area contributed by atoms with Crippen molar-refractivity contribution in [2.24, 2.45) is 0 Å². The van der Waals surface area contributed by atoms with Crippen LogP contribution in [-0.4, -0.2) is 45.2 Å². The van der Waals surface area contributed by atoms with Gasteiger partial charge in [-0.2, -0.15) is 0 Å². The molecule has 3 aromatic rings. The first-order valence-corrected chi connectivity index (χ1v) is 9.29.